The molecule has 2 aromatic heterocycles. The van der Waals surface area contributed by atoms with Gasteiger partial charge in [-0.05, 0) is 43.7 Å². The minimum absolute atomic E-state index is 0. The van der Waals surface area contributed by atoms with Crippen LogP contribution in [0.3, 0.4) is 0 Å². The number of pyridine rings is 2. The number of rotatable bonds is 5. The Kier molecular flexibility index (Phi) is 7.25. The van der Waals surface area contributed by atoms with Crippen LogP contribution < -0.4 is 10.7 Å². The lowest BCUT2D eigenvalue weighted by molar-refractivity contribution is -0.137. The Morgan fingerprint density at radius 2 is 1.80 bits per heavy atom. The molecule has 9 heteroatoms. The van der Waals surface area contributed by atoms with Crippen LogP contribution in [0.15, 0.2) is 47.5 Å². The van der Waals surface area contributed by atoms with Crippen LogP contribution >= 0.6 is 12.4 Å². The van der Waals surface area contributed by atoms with Gasteiger partial charge in [-0.2, -0.15) is 13.2 Å². The third kappa shape index (κ3) is 4.33. The number of amides is 1. The molecule has 0 aliphatic carbocycles. The average molecular weight is 440 g/mol. The fourth-order valence-corrected chi connectivity index (χ4v) is 3.35. The van der Waals surface area contributed by atoms with E-state index < -0.39 is 23.1 Å². The van der Waals surface area contributed by atoms with Gasteiger partial charge in [-0.1, -0.05) is 6.92 Å². The molecule has 0 saturated heterocycles. The smallest absolute Gasteiger partial charge is 0.352 e. The number of aromatic nitrogens is 2. The normalized spacial score (nSPS) is 11.2. The third-order valence-electron chi connectivity index (χ3n) is 4.56. The van der Waals surface area contributed by atoms with Gasteiger partial charge in [0.05, 0.1) is 16.8 Å². The zero-order valence-corrected chi connectivity index (χ0v) is 17.2. The summed E-state index contributed by atoms with van der Waals surface area (Å²) in [6.45, 7) is 4.32. The van der Waals surface area contributed by atoms with Crippen LogP contribution in [-0.2, 0) is 12.7 Å². The molecule has 0 atom stereocenters. The second-order valence-electron chi connectivity index (χ2n) is 6.53. The minimum atomic E-state index is -4.59. The Morgan fingerprint density at radius 3 is 2.37 bits per heavy atom. The second kappa shape index (κ2) is 9.30. The van der Waals surface area contributed by atoms with Crippen molar-refractivity contribution in [2.24, 2.45) is 0 Å². The van der Waals surface area contributed by atoms with E-state index in [9.17, 15) is 22.8 Å². The Bertz CT molecular complexity index is 1110. The molecule has 0 saturated carbocycles. The first-order valence-corrected chi connectivity index (χ1v) is 9.25. The Morgan fingerprint density at radius 1 is 1.13 bits per heavy atom. The van der Waals surface area contributed by atoms with E-state index in [2.05, 4.69) is 10.3 Å². The van der Waals surface area contributed by atoms with Gasteiger partial charge in [-0.3, -0.25) is 14.6 Å². The summed E-state index contributed by atoms with van der Waals surface area (Å²) in [5.41, 5.74) is -0.506. The summed E-state index contributed by atoms with van der Waals surface area (Å²) in [6.07, 6.45) is -0.860. The average Bonchev–Trinajstić information content (AvgIpc) is 2.69. The highest BCUT2D eigenvalue weighted by Crippen LogP contribution is 2.33. The van der Waals surface area contributed by atoms with E-state index in [1.165, 1.54) is 18.5 Å². The topological polar surface area (TPSA) is 64.0 Å². The number of nitrogens with zero attached hydrogens (tertiary/aromatic N) is 2. The van der Waals surface area contributed by atoms with Crippen molar-refractivity contribution in [3.8, 4) is 11.3 Å². The SMILES string of the molecule is CCCn1c(-c2ccncc2)c(C(=O)NCC)c(=O)c2cc(C(F)(F)F)ccc21.Cl. The third-order valence-corrected chi connectivity index (χ3v) is 4.56. The molecule has 0 fully saturated rings. The van der Waals surface area contributed by atoms with E-state index >= 15 is 0 Å². The van der Waals surface area contributed by atoms with Gasteiger partial charge in [-0.25, -0.2) is 0 Å². The molecule has 0 bridgehead atoms. The Balaban J connectivity index is 0.00000320. The van der Waals surface area contributed by atoms with Crippen molar-refractivity contribution in [2.75, 3.05) is 6.54 Å². The Hall–Kier alpha value is -2.87. The van der Waals surface area contributed by atoms with Gasteiger partial charge in [0.2, 0.25) is 5.43 Å². The van der Waals surface area contributed by atoms with Crippen LogP contribution in [0.25, 0.3) is 22.2 Å². The lowest BCUT2D eigenvalue weighted by Gasteiger charge is -2.21. The number of carbonyl (C=O) groups excluding carboxylic acids is 1. The number of benzene rings is 1. The molecule has 0 aliphatic rings. The molecule has 2 heterocycles. The second-order valence-corrected chi connectivity index (χ2v) is 6.53. The van der Waals surface area contributed by atoms with Gasteiger partial charge >= 0.3 is 6.18 Å². The molecular formula is C21H21ClF3N3O2. The molecule has 0 radical (unpaired) electrons. The van der Waals surface area contributed by atoms with E-state index in [4.69, 9.17) is 0 Å². The molecule has 30 heavy (non-hydrogen) atoms. The summed E-state index contributed by atoms with van der Waals surface area (Å²) in [5, 5.41) is 2.47. The van der Waals surface area contributed by atoms with Gasteiger partial charge in [0.15, 0.2) is 0 Å². The number of hydrogen-bond donors (Lipinski definition) is 1. The summed E-state index contributed by atoms with van der Waals surface area (Å²) in [7, 11) is 0. The van der Waals surface area contributed by atoms with Gasteiger partial charge in [0, 0.05) is 36.4 Å². The van der Waals surface area contributed by atoms with Crippen LogP contribution in [0.4, 0.5) is 13.2 Å². The summed E-state index contributed by atoms with van der Waals surface area (Å²) in [6, 6.07) is 6.40. The predicted octanol–water partition coefficient (Wildman–Crippen LogP) is 4.66. The first-order valence-electron chi connectivity index (χ1n) is 9.25. The summed E-state index contributed by atoms with van der Waals surface area (Å²) < 4.78 is 41.4. The van der Waals surface area contributed by atoms with Crippen molar-refractivity contribution < 1.29 is 18.0 Å². The molecule has 1 N–H and O–H groups in total. The fraction of sp³-hybridized carbons (Fsp3) is 0.286. The van der Waals surface area contributed by atoms with Gasteiger partial charge in [-0.15, -0.1) is 12.4 Å². The van der Waals surface area contributed by atoms with E-state index in [1.54, 1.807) is 23.6 Å². The number of alkyl halides is 3. The van der Waals surface area contributed by atoms with Crippen LogP contribution in [0.5, 0.6) is 0 Å². The van der Waals surface area contributed by atoms with E-state index in [-0.39, 0.29) is 29.9 Å². The van der Waals surface area contributed by atoms with Crippen molar-refractivity contribution in [1.29, 1.82) is 0 Å². The van der Waals surface area contributed by atoms with Gasteiger partial charge in [0.1, 0.15) is 5.56 Å². The van der Waals surface area contributed by atoms with E-state index in [0.717, 1.165) is 12.1 Å². The lowest BCUT2D eigenvalue weighted by Crippen LogP contribution is -2.31. The Labute approximate surface area is 177 Å². The quantitative estimate of drug-likeness (QED) is 0.628. The van der Waals surface area contributed by atoms with Crippen LogP contribution in [0.1, 0.15) is 36.2 Å². The molecule has 3 rings (SSSR count). The van der Waals surface area contributed by atoms with Gasteiger partial charge < -0.3 is 9.88 Å². The maximum atomic E-state index is 13.2. The predicted molar refractivity (Wildman–Crippen MR) is 112 cm³/mol. The maximum Gasteiger partial charge on any atom is 0.416 e. The summed E-state index contributed by atoms with van der Waals surface area (Å²) in [4.78, 5) is 30.0. The molecule has 1 amide bonds. The molecular weight excluding hydrogens is 419 g/mol. The maximum absolute atomic E-state index is 13.2. The number of halogens is 4. The first kappa shape index (κ1) is 23.4. The zero-order valence-electron chi connectivity index (χ0n) is 16.4. The monoisotopic (exact) mass is 439 g/mol. The lowest BCUT2D eigenvalue weighted by atomic mass is 10.00. The number of carbonyl (C=O) groups is 1. The van der Waals surface area contributed by atoms with Crippen molar-refractivity contribution in [2.45, 2.75) is 33.0 Å². The fourth-order valence-electron chi connectivity index (χ4n) is 3.35. The van der Waals surface area contributed by atoms with Gasteiger partial charge in [0.25, 0.3) is 5.91 Å². The van der Waals surface area contributed by atoms with Crippen LogP contribution in [0, 0.1) is 0 Å². The van der Waals surface area contributed by atoms with Crippen LogP contribution in [-0.4, -0.2) is 22.0 Å². The number of fused-ring (bicyclic) bond motifs is 1. The molecule has 1 aromatic carbocycles. The molecule has 0 unspecified atom stereocenters. The number of hydrogen-bond acceptors (Lipinski definition) is 3. The molecule has 0 spiro atoms. The largest absolute Gasteiger partial charge is 0.416 e. The number of nitrogens with one attached hydrogen (secondary N) is 1. The molecule has 160 valence electrons. The van der Waals surface area contributed by atoms with Crippen LogP contribution in [0.2, 0.25) is 0 Å². The molecule has 0 aliphatic heterocycles. The summed E-state index contributed by atoms with van der Waals surface area (Å²) in [5.74, 6) is -0.617. The minimum Gasteiger partial charge on any atom is -0.352 e. The highest BCUT2D eigenvalue weighted by atomic mass is 35.5. The molecule has 3 aromatic rings. The van der Waals surface area contributed by atoms with Crippen molar-refractivity contribution in [3.05, 3.63) is 64.1 Å². The summed E-state index contributed by atoms with van der Waals surface area (Å²) >= 11 is 0. The standard InChI is InChI=1S/C21H20F3N3O2.ClH/c1-3-11-27-16-6-5-14(21(22,23)24)12-15(16)19(28)17(20(29)26-4-2)18(27)13-7-9-25-10-8-13;/h5-10,12H,3-4,11H2,1-2H3,(H,26,29);1H. The van der Waals surface area contributed by atoms with Crippen molar-refractivity contribution >= 4 is 29.2 Å². The van der Waals surface area contributed by atoms with E-state index in [0.29, 0.717) is 29.7 Å². The highest BCUT2D eigenvalue weighted by Gasteiger charge is 2.32. The zero-order chi connectivity index (χ0) is 21.2. The number of aryl methyl sites for hydroxylation is 1. The van der Waals surface area contributed by atoms with E-state index in [1.807, 2.05) is 6.92 Å². The van der Waals surface area contributed by atoms with Crippen molar-refractivity contribution in [1.82, 2.24) is 14.9 Å². The van der Waals surface area contributed by atoms with Crippen molar-refractivity contribution in [3.63, 3.8) is 0 Å². The first-order chi connectivity index (χ1) is 13.8. The molecule has 5 nitrogen and oxygen atoms in total. The highest BCUT2D eigenvalue weighted by molar-refractivity contribution is 6.03.